The molecule has 2 aromatic carbocycles. The van der Waals surface area contributed by atoms with E-state index in [2.05, 4.69) is 5.32 Å². The van der Waals surface area contributed by atoms with Crippen molar-refractivity contribution in [2.45, 2.75) is 19.4 Å². The number of carboxylic acid groups (broad SMARTS) is 1. The Morgan fingerprint density at radius 2 is 1.73 bits per heavy atom. The number of hydrogen-bond donors (Lipinski definition) is 2. The van der Waals surface area contributed by atoms with Crippen molar-refractivity contribution in [3.05, 3.63) is 65.7 Å². The minimum atomic E-state index is -3.59. The standard InChI is InChI=1S/C21H23NO7S/c1-3-28-19(21(24)25)14-16-4-9-17(10-5-16)22-20(23)13-8-15-6-11-18(12-7-15)29-30(2,26)27/h4-13,19H,3,14H2,1-2H3,(H,22,23)(H,24,25). The molecule has 0 radical (unpaired) electrons. The van der Waals surface area contributed by atoms with Crippen molar-refractivity contribution in [1.82, 2.24) is 0 Å². The summed E-state index contributed by atoms with van der Waals surface area (Å²) < 4.78 is 32.1. The summed E-state index contributed by atoms with van der Waals surface area (Å²) in [4.78, 5) is 23.2. The first-order valence-corrected chi connectivity index (χ1v) is 10.9. The molecule has 0 fully saturated rings. The topological polar surface area (TPSA) is 119 Å². The van der Waals surface area contributed by atoms with Gasteiger partial charge in [-0.1, -0.05) is 24.3 Å². The van der Waals surface area contributed by atoms with Crippen molar-refractivity contribution in [3.8, 4) is 5.75 Å². The van der Waals surface area contributed by atoms with Crippen LogP contribution in [0.3, 0.4) is 0 Å². The number of aliphatic carboxylic acids is 1. The normalized spacial score (nSPS) is 12.5. The van der Waals surface area contributed by atoms with Crippen LogP contribution in [0.4, 0.5) is 5.69 Å². The lowest BCUT2D eigenvalue weighted by atomic mass is 10.1. The zero-order valence-electron chi connectivity index (χ0n) is 16.6. The fourth-order valence-electron chi connectivity index (χ4n) is 2.52. The molecular formula is C21H23NO7S. The predicted molar refractivity (Wildman–Crippen MR) is 113 cm³/mol. The molecule has 0 saturated carbocycles. The fourth-order valence-corrected chi connectivity index (χ4v) is 2.98. The van der Waals surface area contributed by atoms with Crippen molar-refractivity contribution in [2.75, 3.05) is 18.2 Å². The van der Waals surface area contributed by atoms with Crippen LogP contribution >= 0.6 is 0 Å². The van der Waals surface area contributed by atoms with Crippen molar-refractivity contribution in [3.63, 3.8) is 0 Å². The Kier molecular flexibility index (Phi) is 8.14. The van der Waals surface area contributed by atoms with Gasteiger partial charge >= 0.3 is 16.1 Å². The molecule has 9 heteroatoms. The molecule has 2 aromatic rings. The third-order valence-corrected chi connectivity index (χ3v) is 4.34. The monoisotopic (exact) mass is 433 g/mol. The van der Waals surface area contributed by atoms with Crippen LogP contribution in [0.15, 0.2) is 54.6 Å². The number of carboxylic acids is 1. The van der Waals surface area contributed by atoms with Crippen LogP contribution in [0, 0.1) is 0 Å². The molecule has 0 spiro atoms. The Morgan fingerprint density at radius 1 is 1.10 bits per heavy atom. The van der Waals surface area contributed by atoms with E-state index in [0.717, 1.165) is 11.8 Å². The number of nitrogens with one attached hydrogen (secondary N) is 1. The molecule has 0 aliphatic rings. The number of hydrogen-bond acceptors (Lipinski definition) is 6. The highest BCUT2D eigenvalue weighted by molar-refractivity contribution is 7.86. The van der Waals surface area contributed by atoms with Crippen LogP contribution in [0.1, 0.15) is 18.1 Å². The van der Waals surface area contributed by atoms with Crippen molar-refractivity contribution in [1.29, 1.82) is 0 Å². The van der Waals surface area contributed by atoms with Gasteiger partial charge in [0.25, 0.3) is 0 Å². The van der Waals surface area contributed by atoms with Gasteiger partial charge < -0.3 is 19.3 Å². The predicted octanol–water partition coefficient (Wildman–Crippen LogP) is 2.71. The second-order valence-corrected chi connectivity index (χ2v) is 7.94. The van der Waals surface area contributed by atoms with Gasteiger partial charge in [0.2, 0.25) is 5.91 Å². The third-order valence-electron chi connectivity index (χ3n) is 3.84. The van der Waals surface area contributed by atoms with E-state index in [1.54, 1.807) is 49.4 Å². The van der Waals surface area contributed by atoms with Gasteiger partial charge in [0, 0.05) is 24.8 Å². The third kappa shape index (κ3) is 8.06. The van der Waals surface area contributed by atoms with Crippen LogP contribution in [-0.4, -0.2) is 44.4 Å². The molecule has 2 rings (SSSR count). The minimum absolute atomic E-state index is 0.189. The van der Waals surface area contributed by atoms with Crippen molar-refractivity contribution in [2.24, 2.45) is 0 Å². The summed E-state index contributed by atoms with van der Waals surface area (Å²) in [7, 11) is -3.59. The summed E-state index contributed by atoms with van der Waals surface area (Å²) in [5, 5.41) is 11.8. The molecule has 30 heavy (non-hydrogen) atoms. The molecule has 2 N–H and O–H groups in total. The summed E-state index contributed by atoms with van der Waals surface area (Å²) in [5.74, 6) is -1.18. The fraction of sp³-hybridized carbons (Fsp3) is 0.238. The molecule has 0 heterocycles. The maximum Gasteiger partial charge on any atom is 0.333 e. The number of anilines is 1. The average Bonchev–Trinajstić information content (AvgIpc) is 2.67. The molecule has 160 valence electrons. The first-order valence-electron chi connectivity index (χ1n) is 9.08. The van der Waals surface area contributed by atoms with E-state index in [-0.39, 0.29) is 18.1 Å². The molecule has 0 bridgehead atoms. The van der Waals surface area contributed by atoms with Gasteiger partial charge in [-0.2, -0.15) is 8.42 Å². The molecule has 0 aliphatic heterocycles. The second-order valence-electron chi connectivity index (χ2n) is 6.36. The van der Waals surface area contributed by atoms with E-state index in [4.69, 9.17) is 14.0 Å². The van der Waals surface area contributed by atoms with E-state index in [0.29, 0.717) is 17.9 Å². The zero-order chi connectivity index (χ0) is 22.1. The van der Waals surface area contributed by atoms with Gasteiger partial charge in [-0.15, -0.1) is 0 Å². The van der Waals surface area contributed by atoms with Crippen LogP contribution in [0.25, 0.3) is 6.08 Å². The summed E-state index contributed by atoms with van der Waals surface area (Å²) in [6.45, 7) is 2.05. The van der Waals surface area contributed by atoms with E-state index >= 15 is 0 Å². The Morgan fingerprint density at radius 3 is 2.27 bits per heavy atom. The first kappa shape index (κ1) is 23.1. The lowest BCUT2D eigenvalue weighted by Crippen LogP contribution is -2.26. The first-order chi connectivity index (χ1) is 14.2. The molecule has 1 atom stereocenters. The van der Waals surface area contributed by atoms with E-state index in [1.165, 1.54) is 18.2 Å². The average molecular weight is 433 g/mol. The van der Waals surface area contributed by atoms with Crippen LogP contribution in [0.2, 0.25) is 0 Å². The SMILES string of the molecule is CCOC(Cc1ccc(NC(=O)C=Cc2ccc(OS(C)(=O)=O)cc2)cc1)C(=O)O. The Hall–Kier alpha value is -3.17. The number of rotatable bonds is 10. The van der Waals surface area contributed by atoms with Gasteiger partial charge in [-0.05, 0) is 48.4 Å². The van der Waals surface area contributed by atoms with Crippen molar-refractivity contribution < 1.29 is 32.0 Å². The van der Waals surface area contributed by atoms with Crippen LogP contribution < -0.4 is 9.50 Å². The highest BCUT2D eigenvalue weighted by atomic mass is 32.2. The summed E-state index contributed by atoms with van der Waals surface area (Å²) in [6.07, 6.45) is 3.20. The number of carbonyl (C=O) groups is 2. The lowest BCUT2D eigenvalue weighted by molar-refractivity contribution is -0.149. The van der Waals surface area contributed by atoms with Crippen molar-refractivity contribution >= 4 is 33.8 Å². The smallest absolute Gasteiger partial charge is 0.333 e. The van der Waals surface area contributed by atoms with E-state index in [1.807, 2.05) is 0 Å². The molecule has 0 aromatic heterocycles. The van der Waals surface area contributed by atoms with E-state index < -0.39 is 22.2 Å². The maximum atomic E-state index is 12.1. The molecule has 1 amide bonds. The zero-order valence-corrected chi connectivity index (χ0v) is 17.4. The van der Waals surface area contributed by atoms with Crippen LogP contribution in [-0.2, 0) is 30.9 Å². The minimum Gasteiger partial charge on any atom is -0.479 e. The summed E-state index contributed by atoms with van der Waals surface area (Å²) >= 11 is 0. The van der Waals surface area contributed by atoms with Gasteiger partial charge in [-0.25, -0.2) is 4.79 Å². The van der Waals surface area contributed by atoms with E-state index in [9.17, 15) is 18.0 Å². The molecule has 0 saturated heterocycles. The highest BCUT2D eigenvalue weighted by Gasteiger charge is 2.17. The van der Waals surface area contributed by atoms with Gasteiger partial charge in [0.05, 0.1) is 6.26 Å². The van der Waals surface area contributed by atoms with Gasteiger partial charge in [0.1, 0.15) is 5.75 Å². The molecule has 1 unspecified atom stereocenters. The van der Waals surface area contributed by atoms with Gasteiger partial charge in [0.15, 0.2) is 6.10 Å². The molecule has 0 aliphatic carbocycles. The number of benzene rings is 2. The number of carbonyl (C=O) groups excluding carboxylic acids is 1. The largest absolute Gasteiger partial charge is 0.479 e. The second kappa shape index (κ2) is 10.6. The Labute approximate surface area is 175 Å². The number of ether oxygens (including phenoxy) is 1. The highest BCUT2D eigenvalue weighted by Crippen LogP contribution is 2.16. The quantitative estimate of drug-likeness (QED) is 0.437. The molecule has 8 nitrogen and oxygen atoms in total. The Bertz CT molecular complexity index is 997. The molecular weight excluding hydrogens is 410 g/mol. The number of amides is 1. The van der Waals surface area contributed by atoms with Gasteiger partial charge in [-0.3, -0.25) is 4.79 Å². The summed E-state index contributed by atoms with van der Waals surface area (Å²) in [6, 6.07) is 13.1. The summed E-state index contributed by atoms with van der Waals surface area (Å²) in [5.41, 5.74) is 2.03. The Balaban J connectivity index is 1.92. The lowest BCUT2D eigenvalue weighted by Gasteiger charge is -2.12. The maximum absolute atomic E-state index is 12.1. The van der Waals surface area contributed by atoms with Crippen LogP contribution in [0.5, 0.6) is 5.75 Å².